The molecule has 4 aliphatic carbocycles. The van der Waals surface area contributed by atoms with Crippen molar-refractivity contribution in [1.82, 2.24) is 0 Å². The number of fused-ring (bicyclic) bond motifs is 4. The number of rotatable bonds is 4. The summed E-state index contributed by atoms with van der Waals surface area (Å²) in [6.07, 6.45) is 11.5. The molecule has 0 amide bonds. The normalized spacial score (nSPS) is 36.7. The van der Waals surface area contributed by atoms with E-state index in [-0.39, 0.29) is 10.8 Å². The van der Waals surface area contributed by atoms with Gasteiger partial charge in [0.1, 0.15) is 6.29 Å². The van der Waals surface area contributed by atoms with E-state index in [1.54, 1.807) is 5.57 Å². The van der Waals surface area contributed by atoms with Crippen molar-refractivity contribution in [2.75, 3.05) is 13.7 Å². The lowest BCUT2D eigenvalue weighted by atomic mass is 9.42. The minimum Gasteiger partial charge on any atom is -0.384 e. The number of carbonyl (C=O) groups is 2. The molecule has 0 unspecified atom stereocenters. The number of benzene rings is 1. The van der Waals surface area contributed by atoms with Gasteiger partial charge in [-0.3, -0.25) is 9.59 Å². The molecular weight excluding hydrogens is 396 g/mol. The van der Waals surface area contributed by atoms with Gasteiger partial charge in [-0.05, 0) is 84.0 Å². The lowest BCUT2D eigenvalue weighted by Gasteiger charge is -2.62. The smallest absolute Gasteiger partial charge is 0.156 e. The van der Waals surface area contributed by atoms with E-state index >= 15 is 0 Å². The molecule has 5 atom stereocenters. The molecule has 3 heteroatoms. The van der Waals surface area contributed by atoms with Gasteiger partial charge < -0.3 is 4.74 Å². The molecule has 1 aromatic rings. The zero-order chi connectivity index (χ0) is 22.5. The third kappa shape index (κ3) is 3.27. The molecule has 4 aliphatic rings. The second-order valence-electron chi connectivity index (χ2n) is 11.2. The Morgan fingerprint density at radius 3 is 2.59 bits per heavy atom. The van der Waals surface area contributed by atoms with E-state index in [9.17, 15) is 9.59 Å². The highest BCUT2D eigenvalue weighted by molar-refractivity contribution is 5.93. The molecule has 1 aromatic carbocycles. The fourth-order valence-electron chi connectivity index (χ4n) is 7.89. The highest BCUT2D eigenvalue weighted by Gasteiger charge is 2.59. The Kier molecular flexibility index (Phi) is 5.52. The minimum absolute atomic E-state index is 0.167. The van der Waals surface area contributed by atoms with Gasteiger partial charge in [0.05, 0.1) is 6.61 Å². The van der Waals surface area contributed by atoms with Crippen LogP contribution in [0.1, 0.15) is 87.1 Å². The molecule has 0 aromatic heterocycles. The summed E-state index contributed by atoms with van der Waals surface area (Å²) in [7, 11) is 1.85. The van der Waals surface area contributed by atoms with Gasteiger partial charge in [0.2, 0.25) is 0 Å². The lowest BCUT2D eigenvalue weighted by Crippen LogP contribution is -2.55. The molecule has 0 saturated heterocycles. The van der Waals surface area contributed by atoms with Crippen LogP contribution >= 0.6 is 0 Å². The Balaban J connectivity index is 1.67. The van der Waals surface area contributed by atoms with Crippen molar-refractivity contribution in [1.29, 1.82) is 0 Å². The maximum atomic E-state index is 12.2. The van der Waals surface area contributed by atoms with Gasteiger partial charge in [0, 0.05) is 25.0 Å². The van der Waals surface area contributed by atoms with Gasteiger partial charge in [0.15, 0.2) is 5.78 Å². The summed E-state index contributed by atoms with van der Waals surface area (Å²) >= 11 is 0. The number of methoxy groups -OCH3 is 1. The first-order valence-electron chi connectivity index (χ1n) is 12.4. The molecule has 0 bridgehead atoms. The van der Waals surface area contributed by atoms with Gasteiger partial charge in [0.25, 0.3) is 0 Å². The van der Waals surface area contributed by atoms with Crippen LogP contribution in [0.15, 0.2) is 47.1 Å². The van der Waals surface area contributed by atoms with Crippen molar-refractivity contribution >= 4 is 12.1 Å². The summed E-state index contributed by atoms with van der Waals surface area (Å²) in [6, 6.07) is 8.28. The summed E-state index contributed by atoms with van der Waals surface area (Å²) in [5.74, 6) is 1.90. The summed E-state index contributed by atoms with van der Waals surface area (Å²) in [5, 5.41) is 0. The zero-order valence-electron chi connectivity index (χ0n) is 19.8. The molecule has 2 saturated carbocycles. The second kappa shape index (κ2) is 8.09. The number of hydrogen-bond acceptors (Lipinski definition) is 3. The Hall–Kier alpha value is -2.00. The van der Waals surface area contributed by atoms with Crippen molar-refractivity contribution in [2.24, 2.45) is 22.7 Å². The number of aldehydes is 1. The first-order valence-corrected chi connectivity index (χ1v) is 12.4. The summed E-state index contributed by atoms with van der Waals surface area (Å²) in [4.78, 5) is 23.5. The number of allylic oxidation sites excluding steroid dienone is 4. The molecule has 0 aliphatic heterocycles. The molecule has 0 spiro atoms. The number of ketones is 1. The number of hydrogen-bond donors (Lipinski definition) is 0. The maximum Gasteiger partial charge on any atom is 0.156 e. The van der Waals surface area contributed by atoms with Crippen LogP contribution in [0.3, 0.4) is 0 Å². The van der Waals surface area contributed by atoms with Crippen molar-refractivity contribution in [3.05, 3.63) is 58.2 Å². The van der Waals surface area contributed by atoms with Crippen LogP contribution in [0, 0.1) is 22.7 Å². The topological polar surface area (TPSA) is 43.4 Å². The van der Waals surface area contributed by atoms with Gasteiger partial charge >= 0.3 is 0 Å². The molecule has 0 N–H and O–H groups in total. The van der Waals surface area contributed by atoms with Crippen LogP contribution in [0.4, 0.5) is 0 Å². The standard InChI is InChI=1S/C29H36O3/c1-28(18-32-3)14-4-5-26-24-12-10-21-15-22(31)11-13-23(21)27(24)25(16-29(26,28)2)20-8-6-19(17-30)7-9-20/h6-9,15,17,24-26H,4-5,10-14,16,18H2,1-3H3/t24-,25+,26-,28-,29-/m0/s1. The molecule has 5 rings (SSSR count). The predicted octanol–water partition coefficient (Wildman–Crippen LogP) is 6.44. The quantitative estimate of drug-likeness (QED) is 0.514. The van der Waals surface area contributed by atoms with E-state index in [1.165, 1.54) is 36.0 Å². The molecule has 32 heavy (non-hydrogen) atoms. The SMILES string of the molecule is COC[C@]1(C)CCC[C@H]2[C@@H]3CCC4=CC(=O)CCC4=C3[C@@H](c3ccc(C=O)cc3)C[C@@]21C. The Labute approximate surface area is 192 Å². The number of carbonyl (C=O) groups excluding carboxylic acids is 2. The molecule has 3 nitrogen and oxygen atoms in total. The van der Waals surface area contributed by atoms with E-state index in [2.05, 4.69) is 26.0 Å². The van der Waals surface area contributed by atoms with E-state index in [0.717, 1.165) is 44.1 Å². The van der Waals surface area contributed by atoms with Crippen LogP contribution in [0.2, 0.25) is 0 Å². The Bertz CT molecular complexity index is 980. The van der Waals surface area contributed by atoms with Gasteiger partial charge in [-0.1, -0.05) is 50.1 Å². The zero-order valence-corrected chi connectivity index (χ0v) is 19.8. The van der Waals surface area contributed by atoms with Crippen molar-refractivity contribution in [3.63, 3.8) is 0 Å². The van der Waals surface area contributed by atoms with Crippen LogP contribution in [0.25, 0.3) is 0 Å². The van der Waals surface area contributed by atoms with Crippen LogP contribution < -0.4 is 0 Å². The second-order valence-corrected chi connectivity index (χ2v) is 11.2. The third-order valence-electron chi connectivity index (χ3n) is 9.68. The molecular formula is C29H36O3. The van der Waals surface area contributed by atoms with Crippen LogP contribution in [0.5, 0.6) is 0 Å². The highest BCUT2D eigenvalue weighted by Crippen LogP contribution is 2.67. The first-order chi connectivity index (χ1) is 15.4. The van der Waals surface area contributed by atoms with Crippen LogP contribution in [-0.2, 0) is 9.53 Å². The lowest BCUT2D eigenvalue weighted by molar-refractivity contribution is -0.117. The Morgan fingerprint density at radius 2 is 1.88 bits per heavy atom. The largest absolute Gasteiger partial charge is 0.384 e. The van der Waals surface area contributed by atoms with E-state index in [0.29, 0.717) is 30.0 Å². The first kappa shape index (κ1) is 21.8. The van der Waals surface area contributed by atoms with Crippen molar-refractivity contribution in [2.45, 2.75) is 71.1 Å². The fraction of sp³-hybridized carbons (Fsp3) is 0.586. The minimum atomic E-state index is 0.167. The molecule has 2 fully saturated rings. The van der Waals surface area contributed by atoms with Crippen LogP contribution in [-0.4, -0.2) is 25.8 Å². The van der Waals surface area contributed by atoms with Gasteiger partial charge in [-0.25, -0.2) is 0 Å². The molecule has 0 radical (unpaired) electrons. The number of ether oxygens (including phenoxy) is 1. The highest BCUT2D eigenvalue weighted by atomic mass is 16.5. The summed E-state index contributed by atoms with van der Waals surface area (Å²) < 4.78 is 5.81. The molecule has 170 valence electrons. The predicted molar refractivity (Wildman–Crippen MR) is 127 cm³/mol. The van der Waals surface area contributed by atoms with Gasteiger partial charge in [-0.2, -0.15) is 0 Å². The van der Waals surface area contributed by atoms with Crippen molar-refractivity contribution in [3.8, 4) is 0 Å². The average molecular weight is 433 g/mol. The summed E-state index contributed by atoms with van der Waals surface area (Å²) in [6.45, 7) is 5.82. The van der Waals surface area contributed by atoms with Gasteiger partial charge in [-0.15, -0.1) is 0 Å². The summed E-state index contributed by atoms with van der Waals surface area (Å²) in [5.41, 5.74) is 6.85. The van der Waals surface area contributed by atoms with E-state index < -0.39 is 0 Å². The molecule has 0 heterocycles. The Morgan fingerprint density at radius 1 is 1.09 bits per heavy atom. The van der Waals surface area contributed by atoms with Crippen molar-refractivity contribution < 1.29 is 14.3 Å². The van der Waals surface area contributed by atoms with E-state index in [4.69, 9.17) is 4.74 Å². The third-order valence-corrected chi connectivity index (χ3v) is 9.68. The monoisotopic (exact) mass is 432 g/mol. The average Bonchev–Trinajstić information content (AvgIpc) is 2.79. The maximum absolute atomic E-state index is 12.2. The van der Waals surface area contributed by atoms with E-state index in [1.807, 2.05) is 25.3 Å². The fourth-order valence-corrected chi connectivity index (χ4v) is 7.89.